The molecule has 5 heteroatoms. The van der Waals surface area contributed by atoms with Crippen LogP contribution in [0.3, 0.4) is 0 Å². The van der Waals surface area contributed by atoms with Crippen molar-refractivity contribution in [2.45, 2.75) is 20.8 Å². The Labute approximate surface area is 93.2 Å². The lowest BCUT2D eigenvalue weighted by molar-refractivity contribution is 0.0869. The molecule has 0 amide bonds. The van der Waals surface area contributed by atoms with E-state index in [0.717, 1.165) is 0 Å². The van der Waals surface area contributed by atoms with Gasteiger partial charge in [-0.25, -0.2) is 0 Å². The largest absolute Gasteiger partial charge is 0.591 e. The third-order valence-electron chi connectivity index (χ3n) is 1.46. The summed E-state index contributed by atoms with van der Waals surface area (Å²) in [5.41, 5.74) is 2.93. The molecule has 0 rings (SSSR count). The van der Waals surface area contributed by atoms with E-state index in [9.17, 15) is 0 Å². The molecule has 0 fully saturated rings. The molecular weight excluding hydrogens is 212 g/mol. The predicted octanol–water partition coefficient (Wildman–Crippen LogP) is 1.22. The van der Waals surface area contributed by atoms with Crippen LogP contribution < -0.4 is 0 Å². The Bertz CT molecular complexity index is 192. The maximum atomic E-state index is 5.52. The molecule has 15 heavy (non-hydrogen) atoms. The fourth-order valence-electron chi connectivity index (χ4n) is 1.02. The molecular formula is C10H20O4Si. The average Bonchev–Trinajstić information content (AvgIpc) is 2.19. The van der Waals surface area contributed by atoms with Gasteiger partial charge in [-0.15, -0.1) is 0 Å². The van der Waals surface area contributed by atoms with Gasteiger partial charge in [0.2, 0.25) is 0 Å². The number of rotatable bonds is 7. The molecule has 4 nitrogen and oxygen atoms in total. The van der Waals surface area contributed by atoms with Gasteiger partial charge in [0.15, 0.2) is 0 Å². The van der Waals surface area contributed by atoms with E-state index < -0.39 is 8.80 Å². The molecule has 0 bridgehead atoms. The number of hydrogen-bond acceptors (Lipinski definition) is 4. The van der Waals surface area contributed by atoms with E-state index in [4.69, 9.17) is 18.0 Å². The zero-order valence-electron chi connectivity index (χ0n) is 9.96. The van der Waals surface area contributed by atoms with E-state index in [2.05, 4.69) is 11.5 Å². The average molecular weight is 232 g/mol. The summed E-state index contributed by atoms with van der Waals surface area (Å²) in [4.78, 5) is 0. The van der Waals surface area contributed by atoms with E-state index in [1.54, 1.807) is 7.11 Å². The Kier molecular flexibility index (Phi) is 8.66. The summed E-state index contributed by atoms with van der Waals surface area (Å²) in [7, 11) is -1.18. The quantitative estimate of drug-likeness (QED) is 0.488. The predicted molar refractivity (Wildman–Crippen MR) is 60.3 cm³/mol. The molecule has 0 unspecified atom stereocenters. The molecule has 0 aliphatic carbocycles. The van der Waals surface area contributed by atoms with E-state index in [1.807, 2.05) is 20.8 Å². The monoisotopic (exact) mass is 232 g/mol. The van der Waals surface area contributed by atoms with Crippen molar-refractivity contribution in [2.75, 3.05) is 33.5 Å². The Balaban J connectivity index is 4.54. The van der Waals surface area contributed by atoms with Crippen molar-refractivity contribution in [1.29, 1.82) is 0 Å². The van der Waals surface area contributed by atoms with Gasteiger partial charge in [0.05, 0.1) is 0 Å². The molecule has 0 aromatic heterocycles. The first kappa shape index (κ1) is 14.6. The summed E-state index contributed by atoms with van der Waals surface area (Å²) < 4.78 is 21.4. The van der Waals surface area contributed by atoms with Gasteiger partial charge in [0, 0.05) is 26.9 Å². The Hall–Kier alpha value is -0.383. The highest BCUT2D eigenvalue weighted by Gasteiger charge is 2.39. The van der Waals surface area contributed by atoms with E-state index >= 15 is 0 Å². The first-order valence-electron chi connectivity index (χ1n) is 5.15. The minimum atomic E-state index is -2.77. The van der Waals surface area contributed by atoms with Crippen LogP contribution in [0.2, 0.25) is 0 Å². The SMILES string of the molecule is CCO[Si](C#CCOC)(OCC)OCC. The first-order valence-corrected chi connectivity index (χ1v) is 6.87. The lowest BCUT2D eigenvalue weighted by Gasteiger charge is -2.22. The zero-order valence-corrected chi connectivity index (χ0v) is 11.0. The van der Waals surface area contributed by atoms with Crippen LogP contribution in [0, 0.1) is 11.5 Å². The molecule has 0 heterocycles. The van der Waals surface area contributed by atoms with E-state index in [1.165, 1.54) is 0 Å². The number of hydrogen-bond donors (Lipinski definition) is 0. The highest BCUT2D eigenvalue weighted by molar-refractivity contribution is 6.69. The fraction of sp³-hybridized carbons (Fsp3) is 0.800. The lowest BCUT2D eigenvalue weighted by atomic mass is 10.8. The second-order valence-corrected chi connectivity index (χ2v) is 4.82. The minimum Gasteiger partial charge on any atom is -0.372 e. The van der Waals surface area contributed by atoms with Crippen molar-refractivity contribution in [1.82, 2.24) is 0 Å². The van der Waals surface area contributed by atoms with Gasteiger partial charge in [-0.05, 0) is 26.3 Å². The van der Waals surface area contributed by atoms with Crippen LogP contribution in [0.15, 0.2) is 0 Å². The molecule has 0 aliphatic heterocycles. The van der Waals surface area contributed by atoms with Crippen molar-refractivity contribution in [3.05, 3.63) is 0 Å². The highest BCUT2D eigenvalue weighted by Crippen LogP contribution is 2.08. The number of methoxy groups -OCH3 is 1. The third kappa shape index (κ3) is 5.92. The molecule has 0 aromatic carbocycles. The topological polar surface area (TPSA) is 36.9 Å². The lowest BCUT2D eigenvalue weighted by Crippen LogP contribution is -2.45. The van der Waals surface area contributed by atoms with Crippen LogP contribution in [0.1, 0.15) is 20.8 Å². The second-order valence-electron chi connectivity index (χ2n) is 2.59. The van der Waals surface area contributed by atoms with Crippen LogP contribution in [0.4, 0.5) is 0 Å². The molecule has 0 aliphatic rings. The Morgan fingerprint density at radius 1 is 0.933 bits per heavy atom. The van der Waals surface area contributed by atoms with Crippen molar-refractivity contribution in [3.63, 3.8) is 0 Å². The van der Waals surface area contributed by atoms with Crippen LogP contribution in [-0.2, 0) is 18.0 Å². The van der Waals surface area contributed by atoms with Crippen LogP contribution in [0.5, 0.6) is 0 Å². The van der Waals surface area contributed by atoms with Crippen LogP contribution in [-0.4, -0.2) is 42.3 Å². The summed E-state index contributed by atoms with van der Waals surface area (Å²) in [5, 5.41) is 0. The van der Waals surface area contributed by atoms with Crippen molar-refractivity contribution >= 4 is 8.80 Å². The number of ether oxygens (including phenoxy) is 1. The van der Waals surface area contributed by atoms with Gasteiger partial charge in [-0.2, -0.15) is 0 Å². The normalized spacial score (nSPS) is 10.9. The van der Waals surface area contributed by atoms with Gasteiger partial charge in [0.25, 0.3) is 0 Å². The zero-order chi connectivity index (χ0) is 11.6. The highest BCUT2D eigenvalue weighted by atomic mass is 28.4. The summed E-state index contributed by atoms with van der Waals surface area (Å²) in [6, 6.07) is 0. The van der Waals surface area contributed by atoms with Crippen molar-refractivity contribution in [2.24, 2.45) is 0 Å². The van der Waals surface area contributed by atoms with Crippen molar-refractivity contribution in [3.8, 4) is 11.5 Å². The summed E-state index contributed by atoms with van der Waals surface area (Å²) >= 11 is 0. The first-order chi connectivity index (χ1) is 7.24. The smallest absolute Gasteiger partial charge is 0.372 e. The van der Waals surface area contributed by atoms with Gasteiger partial charge in [-0.3, -0.25) is 0 Å². The molecule has 0 radical (unpaired) electrons. The second kappa shape index (κ2) is 8.89. The Morgan fingerprint density at radius 3 is 1.73 bits per heavy atom. The standard InChI is InChI=1S/C10H20O4Si/c1-5-12-15(13-6-2,14-7-3)10-8-9-11-4/h5-7,9H2,1-4H3. The fourth-order valence-corrected chi connectivity index (χ4v) is 2.92. The maximum Gasteiger partial charge on any atom is 0.591 e. The molecule has 0 aromatic rings. The molecule has 0 saturated heterocycles. The van der Waals surface area contributed by atoms with Crippen LogP contribution >= 0.6 is 0 Å². The van der Waals surface area contributed by atoms with Gasteiger partial charge in [0.1, 0.15) is 6.61 Å². The summed E-state index contributed by atoms with van der Waals surface area (Å²) in [6.45, 7) is 7.67. The minimum absolute atomic E-state index is 0.363. The van der Waals surface area contributed by atoms with E-state index in [0.29, 0.717) is 26.4 Å². The summed E-state index contributed by atoms with van der Waals surface area (Å²) in [5.74, 6) is 2.84. The van der Waals surface area contributed by atoms with Gasteiger partial charge >= 0.3 is 8.80 Å². The molecule has 0 N–H and O–H groups in total. The Morgan fingerprint density at radius 2 is 1.40 bits per heavy atom. The molecule has 0 saturated carbocycles. The van der Waals surface area contributed by atoms with Crippen LogP contribution in [0.25, 0.3) is 0 Å². The van der Waals surface area contributed by atoms with E-state index in [-0.39, 0.29) is 0 Å². The third-order valence-corrected chi connectivity index (χ3v) is 3.95. The maximum absolute atomic E-state index is 5.52. The summed E-state index contributed by atoms with van der Waals surface area (Å²) in [6.07, 6.45) is 0. The molecule has 0 spiro atoms. The van der Waals surface area contributed by atoms with Gasteiger partial charge < -0.3 is 18.0 Å². The van der Waals surface area contributed by atoms with Crippen molar-refractivity contribution < 1.29 is 18.0 Å². The van der Waals surface area contributed by atoms with Gasteiger partial charge in [-0.1, -0.05) is 5.92 Å². The molecule has 0 atom stereocenters. The molecule has 88 valence electrons.